The molecule has 0 saturated carbocycles. The van der Waals surface area contributed by atoms with Gasteiger partial charge in [-0.2, -0.15) is 0 Å². The number of phenols is 1. The first-order valence-electron chi connectivity index (χ1n) is 9.77. The van der Waals surface area contributed by atoms with Crippen molar-refractivity contribution in [2.24, 2.45) is 0 Å². The predicted molar refractivity (Wildman–Crippen MR) is 117 cm³/mol. The maximum absolute atomic E-state index is 14.8. The third-order valence-electron chi connectivity index (χ3n) is 5.40. The average Bonchev–Trinajstić information content (AvgIpc) is 2.96. The molecular weight excluding hydrogens is 441 g/mol. The van der Waals surface area contributed by atoms with Gasteiger partial charge in [0.15, 0.2) is 0 Å². The molecule has 11 heteroatoms. The first-order chi connectivity index (χ1) is 15.0. The highest BCUT2D eigenvalue weighted by molar-refractivity contribution is 7.90. The highest BCUT2D eigenvalue weighted by Crippen LogP contribution is 2.38. The Labute approximate surface area is 183 Å². The summed E-state index contributed by atoms with van der Waals surface area (Å²) in [5, 5.41) is 10.2. The van der Waals surface area contributed by atoms with Gasteiger partial charge in [-0.25, -0.2) is 8.42 Å². The van der Waals surface area contributed by atoms with E-state index in [0.29, 0.717) is 16.6 Å². The zero-order valence-corrected chi connectivity index (χ0v) is 18.1. The van der Waals surface area contributed by atoms with Crippen molar-refractivity contribution in [3.05, 3.63) is 66.2 Å². The van der Waals surface area contributed by atoms with Crippen molar-refractivity contribution in [1.29, 1.82) is 0 Å². The van der Waals surface area contributed by atoms with Crippen LogP contribution in [0.15, 0.2) is 65.6 Å². The highest BCUT2D eigenvalue weighted by atomic mass is 32.2. The standard InChI is InChI=1S/C21H20BF2N2O5S/c1-25(2)18-7-3-6-17-16(18)5-4-8-20(17)32(29,30)26-19(21(28)31-22(26,23)24)13-14-9-11-15(27)12-10-14/h3-12,19,27H,13H2,1-2H3/q-1/t19-/m0/s1. The summed E-state index contributed by atoms with van der Waals surface area (Å²) in [5.74, 6) is -1.37. The highest BCUT2D eigenvalue weighted by Gasteiger charge is 2.57. The van der Waals surface area contributed by atoms with Crippen LogP contribution in [0.25, 0.3) is 10.8 Å². The van der Waals surface area contributed by atoms with Crippen molar-refractivity contribution in [2.45, 2.75) is 17.4 Å². The molecule has 3 aromatic carbocycles. The van der Waals surface area contributed by atoms with Gasteiger partial charge in [0.05, 0.1) is 10.9 Å². The summed E-state index contributed by atoms with van der Waals surface area (Å²) in [4.78, 5) is 13.8. The second kappa shape index (κ2) is 7.75. The van der Waals surface area contributed by atoms with Crippen molar-refractivity contribution in [3.63, 3.8) is 0 Å². The van der Waals surface area contributed by atoms with Crippen LogP contribution in [0.5, 0.6) is 5.75 Å². The Balaban J connectivity index is 1.85. The van der Waals surface area contributed by atoms with E-state index in [-0.39, 0.29) is 26.7 Å². The second-order valence-electron chi connectivity index (χ2n) is 7.74. The summed E-state index contributed by atoms with van der Waals surface area (Å²) in [6.07, 6.45) is -0.330. The third-order valence-corrected chi connectivity index (χ3v) is 7.36. The lowest BCUT2D eigenvalue weighted by Gasteiger charge is -2.31. The number of hydrogen-bond donors (Lipinski definition) is 1. The Morgan fingerprint density at radius 1 is 1.03 bits per heavy atom. The number of halogens is 2. The maximum Gasteiger partial charge on any atom is 0.608 e. The summed E-state index contributed by atoms with van der Waals surface area (Å²) in [7, 11) is -6.38. The molecule has 1 aliphatic rings. The number of sulfonamides is 1. The SMILES string of the molecule is CN(C)c1cccc2c(S(=O)(=O)N3[C@@H](Cc4ccc(O)cc4)C(=O)O[B-]3(F)F)cccc12. The van der Waals surface area contributed by atoms with Gasteiger partial charge in [0, 0.05) is 30.6 Å². The molecule has 1 atom stereocenters. The number of fused-ring (bicyclic) bond motifs is 1. The quantitative estimate of drug-likeness (QED) is 0.588. The van der Waals surface area contributed by atoms with E-state index in [4.69, 9.17) is 0 Å². The normalized spacial score (nSPS) is 18.6. The Morgan fingerprint density at radius 2 is 1.66 bits per heavy atom. The van der Waals surface area contributed by atoms with Crippen molar-refractivity contribution in [1.82, 2.24) is 4.22 Å². The molecule has 4 rings (SSSR count). The van der Waals surface area contributed by atoms with Crippen LogP contribution in [0.3, 0.4) is 0 Å². The largest absolute Gasteiger partial charge is 0.622 e. The van der Waals surface area contributed by atoms with Crippen molar-refractivity contribution >= 4 is 39.5 Å². The van der Waals surface area contributed by atoms with Gasteiger partial charge < -0.3 is 23.3 Å². The first kappa shape index (κ1) is 22.0. The smallest absolute Gasteiger partial charge is 0.608 e. The number of nitrogens with zero attached hydrogens (tertiary/aromatic N) is 2. The molecular formula is C21H20BF2N2O5S-. The summed E-state index contributed by atoms with van der Waals surface area (Å²) in [6.45, 7) is 0. The van der Waals surface area contributed by atoms with Crippen molar-refractivity contribution in [2.75, 3.05) is 19.0 Å². The molecule has 1 aliphatic heterocycles. The van der Waals surface area contributed by atoms with E-state index in [1.165, 1.54) is 42.5 Å². The average molecular weight is 461 g/mol. The molecule has 3 aromatic rings. The molecule has 0 bridgehead atoms. The van der Waals surface area contributed by atoms with Gasteiger partial charge in [-0.3, -0.25) is 9.01 Å². The number of carbonyl (C=O) groups is 1. The van der Waals surface area contributed by atoms with E-state index in [0.717, 1.165) is 0 Å². The summed E-state index contributed by atoms with van der Waals surface area (Å²) < 4.78 is 60.7. The third kappa shape index (κ3) is 3.67. The zero-order valence-electron chi connectivity index (χ0n) is 17.3. The molecule has 0 unspecified atom stereocenters. The lowest BCUT2D eigenvalue weighted by Crippen LogP contribution is -2.51. The van der Waals surface area contributed by atoms with Gasteiger partial charge in [0.25, 0.3) is 5.97 Å². The molecule has 0 spiro atoms. The summed E-state index contributed by atoms with van der Waals surface area (Å²) >= 11 is 0. The molecule has 1 fully saturated rings. The minimum Gasteiger partial charge on any atom is -0.622 e. The molecule has 168 valence electrons. The Bertz CT molecular complexity index is 1300. The van der Waals surface area contributed by atoms with E-state index in [1.807, 2.05) is 0 Å². The van der Waals surface area contributed by atoms with Crippen molar-refractivity contribution < 1.29 is 31.6 Å². The van der Waals surface area contributed by atoms with Gasteiger partial charge >= 0.3 is 7.04 Å². The molecule has 0 aliphatic carbocycles. The fourth-order valence-electron chi connectivity index (χ4n) is 3.93. The van der Waals surface area contributed by atoms with Gasteiger partial charge in [-0.05, 0) is 36.2 Å². The van der Waals surface area contributed by atoms with Crippen LogP contribution in [0.2, 0.25) is 0 Å². The Kier molecular flexibility index (Phi) is 5.34. The van der Waals surface area contributed by atoms with Crippen LogP contribution >= 0.6 is 0 Å². The Morgan fingerprint density at radius 3 is 2.31 bits per heavy atom. The van der Waals surface area contributed by atoms with Crippen molar-refractivity contribution in [3.8, 4) is 5.75 Å². The topological polar surface area (TPSA) is 87.2 Å². The van der Waals surface area contributed by atoms with Gasteiger partial charge in [-0.15, -0.1) is 0 Å². The van der Waals surface area contributed by atoms with Crippen LogP contribution in [-0.4, -0.2) is 50.9 Å². The minimum atomic E-state index is -5.12. The van der Waals surface area contributed by atoms with E-state index in [1.54, 1.807) is 37.2 Å². The van der Waals surface area contributed by atoms with E-state index in [2.05, 4.69) is 4.65 Å². The van der Waals surface area contributed by atoms with Crippen LogP contribution in [-0.2, 0) is 25.9 Å². The number of phenolic OH excluding ortho intramolecular Hbond substituents is 1. The molecule has 7 nitrogen and oxygen atoms in total. The van der Waals surface area contributed by atoms with Gasteiger partial charge in [0.2, 0.25) is 10.0 Å². The first-order valence-corrected chi connectivity index (χ1v) is 11.2. The Hall–Kier alpha value is -3.18. The molecule has 32 heavy (non-hydrogen) atoms. The number of benzene rings is 3. The molecule has 0 amide bonds. The number of carbonyl (C=O) groups excluding carboxylic acids is 1. The number of hydrogen-bond acceptors (Lipinski definition) is 6. The molecule has 1 saturated heterocycles. The van der Waals surface area contributed by atoms with Crippen LogP contribution in [0, 0.1) is 0 Å². The van der Waals surface area contributed by atoms with E-state index >= 15 is 0 Å². The van der Waals surface area contributed by atoms with Crippen LogP contribution in [0.1, 0.15) is 5.56 Å². The van der Waals surface area contributed by atoms with E-state index < -0.39 is 29.1 Å². The van der Waals surface area contributed by atoms with Crippen LogP contribution < -0.4 is 4.90 Å². The number of rotatable bonds is 5. The van der Waals surface area contributed by atoms with Gasteiger partial charge in [-0.1, -0.05) is 36.4 Å². The predicted octanol–water partition coefficient (Wildman–Crippen LogP) is 3.14. The fourth-order valence-corrected chi connectivity index (χ4v) is 5.73. The fraction of sp³-hybridized carbons (Fsp3) is 0.190. The molecule has 0 aromatic heterocycles. The lowest BCUT2D eigenvalue weighted by molar-refractivity contribution is -0.135. The molecule has 0 radical (unpaired) electrons. The number of anilines is 1. The molecule has 1 N–H and O–H groups in total. The lowest BCUT2D eigenvalue weighted by atomic mass is 10.0. The summed E-state index contributed by atoms with van der Waals surface area (Å²) in [6, 6.07) is 13.1. The maximum atomic E-state index is 14.8. The summed E-state index contributed by atoms with van der Waals surface area (Å²) in [5.41, 5.74) is 1.11. The van der Waals surface area contributed by atoms with E-state index in [9.17, 15) is 27.0 Å². The van der Waals surface area contributed by atoms with Gasteiger partial charge in [0.1, 0.15) is 5.75 Å². The zero-order chi connectivity index (χ0) is 23.3. The number of aromatic hydroxyl groups is 1. The van der Waals surface area contributed by atoms with Crippen LogP contribution in [0.4, 0.5) is 14.3 Å². The minimum absolute atomic E-state index is 0.0470. The second-order valence-corrected chi connectivity index (χ2v) is 9.55. The monoisotopic (exact) mass is 461 g/mol. The molecule has 1 heterocycles.